The summed E-state index contributed by atoms with van der Waals surface area (Å²) in [6.45, 7) is 6.71. The highest BCUT2D eigenvalue weighted by molar-refractivity contribution is 5.50. The van der Waals surface area contributed by atoms with Gasteiger partial charge < -0.3 is 24.0 Å². The van der Waals surface area contributed by atoms with Gasteiger partial charge in [-0.05, 0) is 17.7 Å². The van der Waals surface area contributed by atoms with Gasteiger partial charge in [-0.25, -0.2) is 0 Å². The third kappa shape index (κ3) is 5.27. The Hall–Kier alpha value is -2.50. The summed E-state index contributed by atoms with van der Waals surface area (Å²) < 4.78 is 16.4. The van der Waals surface area contributed by atoms with E-state index in [2.05, 4.69) is 42.5 Å². The van der Waals surface area contributed by atoms with Gasteiger partial charge in [0, 0.05) is 6.07 Å². The highest BCUT2D eigenvalue weighted by Gasteiger charge is 2.24. The van der Waals surface area contributed by atoms with E-state index in [0.717, 1.165) is 37.7 Å². The van der Waals surface area contributed by atoms with E-state index in [1.54, 1.807) is 31.1 Å². The molecule has 2 N–H and O–H groups in total. The number of benzene rings is 2. The molecule has 0 radical (unpaired) electrons. The van der Waals surface area contributed by atoms with Gasteiger partial charge in [-0.15, -0.1) is 0 Å². The fraction of sp³-hybridized carbons (Fsp3) is 0.391. The van der Waals surface area contributed by atoms with Crippen molar-refractivity contribution >= 4 is 6.08 Å². The van der Waals surface area contributed by atoms with Crippen LogP contribution < -0.4 is 24.0 Å². The summed E-state index contributed by atoms with van der Waals surface area (Å²) in [6.07, 6.45) is 4.52. The molecule has 0 saturated carbocycles. The Labute approximate surface area is 168 Å². The molecular weight excluding hydrogens is 352 g/mol. The van der Waals surface area contributed by atoms with Crippen LogP contribution in [0.5, 0.6) is 17.2 Å². The van der Waals surface area contributed by atoms with Gasteiger partial charge in [-0.1, -0.05) is 36.4 Å². The van der Waals surface area contributed by atoms with E-state index in [1.807, 2.05) is 12.1 Å². The van der Waals surface area contributed by atoms with Crippen molar-refractivity contribution in [3.63, 3.8) is 0 Å². The lowest BCUT2D eigenvalue weighted by molar-refractivity contribution is -1.02. The van der Waals surface area contributed by atoms with Crippen molar-refractivity contribution < 1.29 is 24.0 Å². The van der Waals surface area contributed by atoms with Gasteiger partial charge in [-0.3, -0.25) is 0 Å². The largest absolute Gasteiger partial charge is 0.496 e. The second-order valence-electron chi connectivity index (χ2n) is 7.21. The summed E-state index contributed by atoms with van der Waals surface area (Å²) >= 11 is 0. The van der Waals surface area contributed by atoms with Crippen LogP contribution in [0.2, 0.25) is 0 Å². The molecule has 1 aliphatic rings. The summed E-state index contributed by atoms with van der Waals surface area (Å²) in [4.78, 5) is 3.23. The second kappa shape index (κ2) is 10.2. The number of hydrogen-bond donors (Lipinski definition) is 2. The van der Waals surface area contributed by atoms with E-state index in [-0.39, 0.29) is 0 Å². The van der Waals surface area contributed by atoms with Gasteiger partial charge >= 0.3 is 0 Å². The van der Waals surface area contributed by atoms with Gasteiger partial charge in [-0.2, -0.15) is 0 Å². The van der Waals surface area contributed by atoms with Crippen molar-refractivity contribution in [1.82, 2.24) is 0 Å². The van der Waals surface area contributed by atoms with E-state index in [9.17, 15) is 0 Å². The third-order valence-electron chi connectivity index (χ3n) is 5.41. The van der Waals surface area contributed by atoms with E-state index in [0.29, 0.717) is 5.75 Å². The minimum Gasteiger partial charge on any atom is -0.496 e. The molecule has 28 heavy (non-hydrogen) atoms. The van der Waals surface area contributed by atoms with Crippen molar-refractivity contribution in [2.75, 3.05) is 54.1 Å². The summed E-state index contributed by atoms with van der Waals surface area (Å²) in [5.41, 5.74) is 2.44. The van der Waals surface area contributed by atoms with Crippen LogP contribution in [0.15, 0.2) is 48.5 Å². The van der Waals surface area contributed by atoms with E-state index >= 15 is 0 Å². The quantitative estimate of drug-likeness (QED) is 0.704. The van der Waals surface area contributed by atoms with Gasteiger partial charge in [0.15, 0.2) is 11.5 Å². The molecule has 150 valence electrons. The lowest BCUT2D eigenvalue weighted by Gasteiger charge is -2.29. The monoisotopic (exact) mass is 384 g/mol. The highest BCUT2D eigenvalue weighted by Crippen LogP contribution is 2.34. The Morgan fingerprint density at radius 3 is 2.04 bits per heavy atom. The molecular formula is C23H32N2O3+2. The molecule has 0 bridgehead atoms. The van der Waals surface area contributed by atoms with Gasteiger partial charge in [0.05, 0.1) is 33.4 Å². The number of nitrogens with one attached hydrogen (secondary N) is 2. The minimum atomic E-state index is 0.706. The summed E-state index contributed by atoms with van der Waals surface area (Å²) in [6, 6.07) is 14.5. The normalized spacial score (nSPS) is 19.5. The molecule has 3 rings (SSSR count). The molecule has 0 aliphatic carbocycles. The molecule has 5 nitrogen and oxygen atoms in total. The van der Waals surface area contributed by atoms with Crippen LogP contribution in [-0.4, -0.2) is 54.1 Å². The fourth-order valence-electron chi connectivity index (χ4n) is 3.76. The van der Waals surface area contributed by atoms with Crippen LogP contribution in [0.1, 0.15) is 11.1 Å². The van der Waals surface area contributed by atoms with Crippen LogP contribution in [0, 0.1) is 0 Å². The molecule has 0 amide bonds. The number of quaternary nitrogens is 2. The Morgan fingerprint density at radius 1 is 0.786 bits per heavy atom. The van der Waals surface area contributed by atoms with Crippen LogP contribution in [0.25, 0.3) is 6.08 Å². The minimum absolute atomic E-state index is 0.706. The zero-order chi connectivity index (χ0) is 19.8. The molecule has 0 spiro atoms. The first kappa shape index (κ1) is 20.2. The van der Waals surface area contributed by atoms with Crippen LogP contribution in [-0.2, 0) is 6.54 Å². The average Bonchev–Trinajstić information content (AvgIpc) is 2.75. The van der Waals surface area contributed by atoms with Crippen LogP contribution in [0.3, 0.4) is 0 Å². The lowest BCUT2D eigenvalue weighted by atomic mass is 10.1. The SMILES string of the molecule is COc1cc(OC)c(OC)cc1C[NH+]1CC[NH+](C/C=C/c2ccccc2)CC1. The second-order valence-corrected chi connectivity index (χ2v) is 7.21. The molecule has 2 aromatic rings. The van der Waals surface area contributed by atoms with Crippen molar-refractivity contribution in [1.29, 1.82) is 0 Å². The maximum Gasteiger partial charge on any atom is 0.164 e. The van der Waals surface area contributed by atoms with Crippen molar-refractivity contribution in [3.8, 4) is 17.2 Å². The Balaban J connectivity index is 1.53. The summed E-state index contributed by atoms with van der Waals surface area (Å²) in [5.74, 6) is 2.33. The first-order valence-electron chi connectivity index (χ1n) is 9.91. The summed E-state index contributed by atoms with van der Waals surface area (Å²) in [7, 11) is 5.03. The third-order valence-corrected chi connectivity index (χ3v) is 5.41. The molecule has 1 saturated heterocycles. The molecule has 1 aliphatic heterocycles. The molecule has 1 fully saturated rings. The highest BCUT2D eigenvalue weighted by atomic mass is 16.5. The number of hydrogen-bond acceptors (Lipinski definition) is 3. The number of methoxy groups -OCH3 is 3. The van der Waals surface area contributed by atoms with Crippen LogP contribution in [0.4, 0.5) is 0 Å². The Kier molecular flexibility index (Phi) is 7.34. The average molecular weight is 385 g/mol. The van der Waals surface area contributed by atoms with E-state index in [1.165, 1.54) is 24.2 Å². The van der Waals surface area contributed by atoms with Crippen molar-refractivity contribution in [3.05, 3.63) is 59.7 Å². The van der Waals surface area contributed by atoms with Crippen molar-refractivity contribution in [2.24, 2.45) is 0 Å². The zero-order valence-corrected chi connectivity index (χ0v) is 17.2. The number of rotatable bonds is 8. The number of ether oxygens (including phenoxy) is 3. The van der Waals surface area contributed by atoms with Gasteiger partial charge in [0.25, 0.3) is 0 Å². The number of piperazine rings is 1. The predicted molar refractivity (Wildman–Crippen MR) is 112 cm³/mol. The maximum atomic E-state index is 5.58. The molecule has 2 aromatic carbocycles. The fourth-order valence-corrected chi connectivity index (χ4v) is 3.76. The first-order chi connectivity index (χ1) is 13.7. The van der Waals surface area contributed by atoms with E-state index < -0.39 is 0 Å². The topological polar surface area (TPSA) is 36.6 Å². The molecule has 0 aromatic heterocycles. The Bertz CT molecular complexity index is 769. The molecule has 0 atom stereocenters. The standard InChI is InChI=1S/C23H30N2O3/c1-26-21-17-23(28-3)22(27-2)16-20(21)18-25-14-12-24(13-15-25)11-7-10-19-8-5-4-6-9-19/h4-10,16-17H,11-15,18H2,1-3H3/p+2/b10-7+. The van der Waals surface area contributed by atoms with Crippen molar-refractivity contribution in [2.45, 2.75) is 6.54 Å². The Morgan fingerprint density at radius 2 is 1.39 bits per heavy atom. The maximum absolute atomic E-state index is 5.58. The van der Waals surface area contributed by atoms with E-state index in [4.69, 9.17) is 14.2 Å². The predicted octanol–water partition coefficient (Wildman–Crippen LogP) is 0.709. The van der Waals surface area contributed by atoms with Gasteiger partial charge in [0.1, 0.15) is 38.5 Å². The van der Waals surface area contributed by atoms with Crippen LogP contribution >= 0.6 is 0 Å². The zero-order valence-electron chi connectivity index (χ0n) is 17.2. The van der Waals surface area contributed by atoms with Gasteiger partial charge in [0.2, 0.25) is 0 Å². The molecule has 5 heteroatoms. The smallest absolute Gasteiger partial charge is 0.164 e. The molecule has 1 heterocycles. The molecule has 0 unspecified atom stereocenters. The lowest BCUT2D eigenvalue weighted by Crippen LogP contribution is -3.27. The first-order valence-corrected chi connectivity index (χ1v) is 9.91. The summed E-state index contributed by atoms with van der Waals surface area (Å²) in [5, 5.41) is 0.